The molecule has 1 saturated heterocycles. The third-order valence-corrected chi connectivity index (χ3v) is 8.21. The normalized spacial score (nSPS) is 32.3. The van der Waals surface area contributed by atoms with Gasteiger partial charge in [0.1, 0.15) is 0 Å². The second-order valence-electron chi connectivity index (χ2n) is 10.1. The topological polar surface area (TPSA) is 3.24 Å². The molecule has 1 aliphatic heterocycles. The molecule has 26 heavy (non-hydrogen) atoms. The molecule has 0 bridgehead atoms. The van der Waals surface area contributed by atoms with Crippen LogP contribution in [-0.4, -0.2) is 25.4 Å². The first kappa shape index (κ1) is 22.3. The summed E-state index contributed by atoms with van der Waals surface area (Å²) >= 11 is 0. The summed E-state index contributed by atoms with van der Waals surface area (Å²) < 4.78 is 0. The molecule has 2 rings (SSSR count). The molecule has 0 aromatic rings. The third kappa shape index (κ3) is 5.76. The predicted molar refractivity (Wildman–Crippen MR) is 119 cm³/mol. The van der Waals surface area contributed by atoms with Gasteiger partial charge in [-0.15, -0.1) is 0 Å². The highest BCUT2D eigenvalue weighted by atomic mass is 15.1. The molecule has 1 heterocycles. The van der Waals surface area contributed by atoms with E-state index in [4.69, 9.17) is 0 Å². The number of hydrogen-bond donors (Lipinski definition) is 0. The van der Waals surface area contributed by atoms with Crippen LogP contribution in [0.3, 0.4) is 0 Å². The van der Waals surface area contributed by atoms with E-state index in [1.165, 1.54) is 83.6 Å². The van der Waals surface area contributed by atoms with Crippen LogP contribution in [-0.2, 0) is 0 Å². The molecule has 1 aliphatic carbocycles. The van der Waals surface area contributed by atoms with Gasteiger partial charge in [0.15, 0.2) is 7.98 Å². The average Bonchev–Trinajstić information content (AvgIpc) is 2.59. The van der Waals surface area contributed by atoms with E-state index in [0.29, 0.717) is 5.41 Å². The van der Waals surface area contributed by atoms with Crippen LogP contribution in [0.4, 0.5) is 0 Å². The monoisotopic (exact) mass is 361 g/mol. The molecular weight excluding hydrogens is 313 g/mol. The molecule has 0 radical (unpaired) electrons. The lowest BCUT2D eigenvalue weighted by Gasteiger charge is -2.60. The van der Waals surface area contributed by atoms with Crippen LogP contribution in [0.25, 0.3) is 0 Å². The number of hydrogen-bond acceptors (Lipinski definition) is 1. The molecule has 0 aromatic heterocycles. The maximum atomic E-state index is 2.65. The summed E-state index contributed by atoms with van der Waals surface area (Å²) in [6, 6.07) is 0.847. The zero-order chi connectivity index (χ0) is 19.0. The van der Waals surface area contributed by atoms with Crippen molar-refractivity contribution in [1.29, 1.82) is 0 Å². The van der Waals surface area contributed by atoms with Gasteiger partial charge in [-0.3, -0.25) is 0 Å². The highest BCUT2D eigenvalue weighted by molar-refractivity contribution is 6.04. The van der Waals surface area contributed by atoms with Gasteiger partial charge in [0.05, 0.1) is 0 Å². The fraction of sp³-hybridized carbons (Fsp3) is 1.00. The first-order valence-electron chi connectivity index (χ1n) is 12.3. The quantitative estimate of drug-likeness (QED) is 0.279. The van der Waals surface area contributed by atoms with Gasteiger partial charge in [-0.05, 0) is 61.4 Å². The zero-order valence-corrected chi connectivity index (χ0v) is 18.9. The van der Waals surface area contributed by atoms with Crippen molar-refractivity contribution in [1.82, 2.24) is 4.81 Å². The Hall–Kier alpha value is 0.0249. The van der Waals surface area contributed by atoms with Gasteiger partial charge in [-0.1, -0.05) is 91.9 Å². The van der Waals surface area contributed by atoms with Crippen LogP contribution in [0.5, 0.6) is 0 Å². The first-order valence-corrected chi connectivity index (χ1v) is 12.3. The molecule has 1 saturated carbocycles. The fourth-order valence-electron chi connectivity index (χ4n) is 6.23. The van der Waals surface area contributed by atoms with Crippen molar-refractivity contribution in [3.63, 3.8) is 0 Å². The molecule has 2 heteroatoms. The van der Waals surface area contributed by atoms with Crippen LogP contribution in [0.15, 0.2) is 0 Å². The number of unbranched alkanes of at least 4 members (excludes halogenated alkanes) is 6. The van der Waals surface area contributed by atoms with E-state index in [1.807, 2.05) is 0 Å². The van der Waals surface area contributed by atoms with Crippen molar-refractivity contribution >= 4 is 7.98 Å². The van der Waals surface area contributed by atoms with Gasteiger partial charge in [0.25, 0.3) is 0 Å². The van der Waals surface area contributed by atoms with Gasteiger partial charge in [-0.25, -0.2) is 0 Å². The van der Waals surface area contributed by atoms with Crippen molar-refractivity contribution in [3.05, 3.63) is 0 Å². The number of nitrogens with zero attached hydrogens (tertiary/aromatic N) is 1. The van der Waals surface area contributed by atoms with E-state index in [0.717, 1.165) is 23.8 Å². The van der Waals surface area contributed by atoms with Gasteiger partial charge in [0, 0.05) is 0 Å². The van der Waals surface area contributed by atoms with Crippen molar-refractivity contribution in [2.45, 2.75) is 124 Å². The van der Waals surface area contributed by atoms with E-state index in [2.05, 4.69) is 40.5 Å². The van der Waals surface area contributed by atoms with Crippen molar-refractivity contribution < 1.29 is 0 Å². The molecule has 1 spiro atoms. The lowest BCUT2D eigenvalue weighted by Crippen LogP contribution is -2.56. The van der Waals surface area contributed by atoms with Crippen LogP contribution >= 0.6 is 0 Å². The Morgan fingerprint density at radius 3 is 1.96 bits per heavy atom. The maximum Gasteiger partial charge on any atom is 0.185 e. The molecule has 0 aromatic carbocycles. The minimum atomic E-state index is 0.711. The SMILES string of the molecule is BN1CC(C)C2(CC(C(CCCCCC)CCCCCC)C2)CC1CC. The van der Waals surface area contributed by atoms with E-state index < -0.39 is 0 Å². The van der Waals surface area contributed by atoms with E-state index in [9.17, 15) is 0 Å². The highest BCUT2D eigenvalue weighted by Crippen LogP contribution is 2.59. The van der Waals surface area contributed by atoms with Crippen molar-refractivity contribution in [2.75, 3.05) is 6.54 Å². The summed E-state index contributed by atoms with van der Waals surface area (Å²) in [4.78, 5) is 2.65. The second-order valence-corrected chi connectivity index (χ2v) is 10.1. The second kappa shape index (κ2) is 11.1. The Bertz CT molecular complexity index is 364. The summed E-state index contributed by atoms with van der Waals surface area (Å²) in [5.74, 6) is 3.01. The summed E-state index contributed by atoms with van der Waals surface area (Å²) in [7, 11) is 2.36. The lowest BCUT2D eigenvalue weighted by molar-refractivity contribution is -0.0847. The van der Waals surface area contributed by atoms with Gasteiger partial charge in [0.2, 0.25) is 0 Å². The van der Waals surface area contributed by atoms with Crippen LogP contribution in [0.2, 0.25) is 0 Å². The summed E-state index contributed by atoms with van der Waals surface area (Å²) in [6.07, 6.45) is 20.6. The first-order chi connectivity index (χ1) is 12.6. The Morgan fingerprint density at radius 2 is 1.46 bits per heavy atom. The average molecular weight is 361 g/mol. The smallest absolute Gasteiger partial charge is 0.185 e. The number of piperidine rings is 1. The molecule has 0 amide bonds. The minimum Gasteiger partial charge on any atom is -0.346 e. The van der Waals surface area contributed by atoms with Gasteiger partial charge in [-0.2, -0.15) is 0 Å². The van der Waals surface area contributed by atoms with Crippen molar-refractivity contribution in [2.24, 2.45) is 23.2 Å². The molecule has 152 valence electrons. The molecule has 2 aliphatic rings. The molecule has 2 unspecified atom stereocenters. The van der Waals surface area contributed by atoms with Crippen LogP contribution in [0, 0.1) is 23.2 Å². The predicted octanol–water partition coefficient (Wildman–Crippen LogP) is 6.61. The summed E-state index contributed by atoms with van der Waals surface area (Å²) in [6.45, 7) is 11.0. The summed E-state index contributed by atoms with van der Waals surface area (Å²) in [5, 5.41) is 0. The Labute approximate surface area is 166 Å². The summed E-state index contributed by atoms with van der Waals surface area (Å²) in [5.41, 5.74) is 0.711. The Balaban J connectivity index is 1.86. The molecule has 0 N–H and O–H groups in total. The lowest BCUT2D eigenvalue weighted by atomic mass is 9.49. The number of rotatable bonds is 12. The fourth-order valence-corrected chi connectivity index (χ4v) is 6.23. The molecular formula is C24H48BN. The molecule has 2 atom stereocenters. The van der Waals surface area contributed by atoms with Gasteiger partial charge < -0.3 is 4.81 Å². The largest absolute Gasteiger partial charge is 0.346 e. The maximum absolute atomic E-state index is 2.65. The highest BCUT2D eigenvalue weighted by Gasteiger charge is 2.52. The third-order valence-electron chi connectivity index (χ3n) is 8.21. The van der Waals surface area contributed by atoms with Crippen molar-refractivity contribution in [3.8, 4) is 0 Å². The molecule has 1 nitrogen and oxygen atoms in total. The van der Waals surface area contributed by atoms with E-state index >= 15 is 0 Å². The standard InChI is InChI=1S/C24H48BN/c1-5-8-10-12-14-21(15-13-11-9-6-2)22-16-24(17-22)18-23(7-3)26(25)19-20(24)4/h20-23H,5-19,25H2,1-4H3. The zero-order valence-electron chi connectivity index (χ0n) is 18.9. The van der Waals surface area contributed by atoms with Gasteiger partial charge >= 0.3 is 0 Å². The van der Waals surface area contributed by atoms with E-state index in [1.54, 1.807) is 12.8 Å². The van der Waals surface area contributed by atoms with Crippen LogP contribution < -0.4 is 0 Å². The van der Waals surface area contributed by atoms with Crippen LogP contribution in [0.1, 0.15) is 118 Å². The molecule has 2 fully saturated rings. The Morgan fingerprint density at radius 1 is 0.885 bits per heavy atom. The Kier molecular flexibility index (Phi) is 9.55. The minimum absolute atomic E-state index is 0.711. The van der Waals surface area contributed by atoms with E-state index in [-0.39, 0.29) is 0 Å².